The molecule has 2 aliphatic heterocycles. The van der Waals surface area contributed by atoms with E-state index in [1.807, 2.05) is 31.7 Å². The van der Waals surface area contributed by atoms with Gasteiger partial charge in [-0.3, -0.25) is 9.79 Å². The highest BCUT2D eigenvalue weighted by Gasteiger charge is 2.48. The lowest BCUT2D eigenvalue weighted by Crippen LogP contribution is -2.49. The molecule has 0 bridgehead atoms. The van der Waals surface area contributed by atoms with Gasteiger partial charge in [-0.15, -0.1) is 0 Å². The Bertz CT molecular complexity index is 1840. The van der Waals surface area contributed by atoms with Crippen LogP contribution in [0.2, 0.25) is 0 Å². The number of piperidine rings is 1. The first-order valence-corrected chi connectivity index (χ1v) is 17.4. The number of nitrogens with two attached hydrogens (primary N) is 1. The van der Waals surface area contributed by atoms with Gasteiger partial charge in [0, 0.05) is 52.3 Å². The zero-order valence-corrected chi connectivity index (χ0v) is 29.3. The third kappa shape index (κ3) is 7.12. The molecule has 0 unspecified atom stereocenters. The van der Waals surface area contributed by atoms with Crippen molar-refractivity contribution < 1.29 is 31.9 Å². The van der Waals surface area contributed by atoms with Crippen LogP contribution in [0.5, 0.6) is 0 Å². The summed E-state index contributed by atoms with van der Waals surface area (Å²) in [6.45, 7) is 6.38. The summed E-state index contributed by atoms with van der Waals surface area (Å²) < 4.78 is 62.9. The highest BCUT2D eigenvalue weighted by atomic mass is 19.4. The number of benzene rings is 1. The number of halogens is 4. The van der Waals surface area contributed by atoms with Gasteiger partial charge in [-0.1, -0.05) is 13.3 Å². The first-order chi connectivity index (χ1) is 24.3. The highest BCUT2D eigenvalue weighted by Crippen LogP contribution is 2.46. The van der Waals surface area contributed by atoms with Gasteiger partial charge in [-0.2, -0.15) is 13.2 Å². The maximum atomic E-state index is 16.0. The molecule has 272 valence electrons. The molecular formula is C37H43F4N7O3. The standard InChI is InChI=1S/C36H38F4N6O3.CH5N/c1-20-30(21(2)42-29(41-20)9-16-47)22-17-26(37)25(19-49-23-5-6-23)27(18-22)46-14-12-35(13-15-46)33(48)44-32(45-35)24-7-8-28(36(38,39)40)43-31(24)34(3)10-4-11-34;1-2/h7-8,16-18,23H,4-6,9-15,19H2,1-3H3,(H,44,45,48);2H2,1H3. The normalized spacial score (nSPS) is 19.2. The highest BCUT2D eigenvalue weighted by molar-refractivity contribution is 6.16. The van der Waals surface area contributed by atoms with Crippen LogP contribution in [-0.2, 0) is 38.9 Å². The maximum absolute atomic E-state index is 16.0. The van der Waals surface area contributed by atoms with Gasteiger partial charge in [0.25, 0.3) is 5.91 Å². The van der Waals surface area contributed by atoms with Crippen molar-refractivity contribution in [3.8, 4) is 11.1 Å². The smallest absolute Gasteiger partial charge is 0.373 e. The number of alkyl halides is 3. The molecule has 4 heterocycles. The number of ether oxygens (including phenoxy) is 1. The second-order valence-corrected chi connectivity index (χ2v) is 14.0. The summed E-state index contributed by atoms with van der Waals surface area (Å²) in [6, 6.07) is 5.70. The third-order valence-corrected chi connectivity index (χ3v) is 10.4. The van der Waals surface area contributed by atoms with Crippen molar-refractivity contribution in [3.05, 3.63) is 69.8 Å². The Morgan fingerprint density at radius 3 is 2.27 bits per heavy atom. The Kier molecular flexibility index (Phi) is 10.0. The lowest BCUT2D eigenvalue weighted by Gasteiger charge is -2.39. The van der Waals surface area contributed by atoms with Crippen molar-refractivity contribution in [2.24, 2.45) is 10.7 Å². The monoisotopic (exact) mass is 709 g/mol. The quantitative estimate of drug-likeness (QED) is 0.215. The van der Waals surface area contributed by atoms with E-state index in [1.54, 1.807) is 0 Å². The van der Waals surface area contributed by atoms with E-state index in [0.29, 0.717) is 89.6 Å². The number of anilines is 1. The van der Waals surface area contributed by atoms with Gasteiger partial charge in [-0.25, -0.2) is 19.3 Å². The molecule has 10 nitrogen and oxygen atoms in total. The number of hydrogen-bond donors (Lipinski definition) is 2. The number of amides is 1. The summed E-state index contributed by atoms with van der Waals surface area (Å²) in [4.78, 5) is 44.6. The number of carbonyl (C=O) groups excluding carboxylic acids is 2. The van der Waals surface area contributed by atoms with Gasteiger partial charge >= 0.3 is 6.18 Å². The Balaban J connectivity index is 0.00000220. The van der Waals surface area contributed by atoms with Gasteiger partial charge in [-0.05, 0) is 89.2 Å². The summed E-state index contributed by atoms with van der Waals surface area (Å²) in [5.74, 6) is -0.0722. The molecule has 3 N–H and O–H groups in total. The van der Waals surface area contributed by atoms with Crippen LogP contribution < -0.4 is 16.0 Å². The Labute approximate surface area is 294 Å². The van der Waals surface area contributed by atoms with Gasteiger partial charge < -0.3 is 25.5 Å². The fourth-order valence-corrected chi connectivity index (χ4v) is 7.31. The molecule has 2 saturated carbocycles. The summed E-state index contributed by atoms with van der Waals surface area (Å²) >= 11 is 0. The maximum Gasteiger partial charge on any atom is 0.433 e. The fraction of sp³-hybridized carbons (Fsp3) is 0.514. The van der Waals surface area contributed by atoms with Crippen LogP contribution in [0, 0.1) is 19.7 Å². The van der Waals surface area contributed by atoms with Crippen molar-refractivity contribution in [1.29, 1.82) is 0 Å². The Morgan fingerprint density at radius 2 is 1.71 bits per heavy atom. The number of carbonyl (C=O) groups is 2. The minimum absolute atomic E-state index is 0.0856. The molecule has 1 amide bonds. The zero-order chi connectivity index (χ0) is 36.7. The van der Waals surface area contributed by atoms with Crippen LogP contribution in [-0.4, -0.2) is 64.8 Å². The van der Waals surface area contributed by atoms with Crippen LogP contribution >= 0.6 is 0 Å². The van der Waals surface area contributed by atoms with Crippen LogP contribution in [0.25, 0.3) is 11.1 Å². The lowest BCUT2D eigenvalue weighted by molar-refractivity contribution is -0.141. The predicted molar refractivity (Wildman–Crippen MR) is 184 cm³/mol. The van der Waals surface area contributed by atoms with E-state index >= 15 is 4.39 Å². The fourth-order valence-electron chi connectivity index (χ4n) is 7.31. The molecule has 3 aromatic rings. The van der Waals surface area contributed by atoms with E-state index in [1.165, 1.54) is 19.2 Å². The van der Waals surface area contributed by atoms with Crippen LogP contribution in [0.3, 0.4) is 0 Å². The number of aldehydes is 1. The average molecular weight is 710 g/mol. The topological polar surface area (TPSA) is 136 Å². The van der Waals surface area contributed by atoms with Gasteiger partial charge in [0.05, 0.1) is 24.8 Å². The summed E-state index contributed by atoms with van der Waals surface area (Å²) in [6.07, 6.45) is 1.16. The third-order valence-electron chi connectivity index (χ3n) is 10.4. The molecule has 0 radical (unpaired) electrons. The number of aryl methyl sites for hydroxylation is 2. The molecule has 3 fully saturated rings. The van der Waals surface area contributed by atoms with Crippen molar-refractivity contribution in [3.63, 3.8) is 0 Å². The van der Waals surface area contributed by atoms with Gasteiger partial charge in [0.15, 0.2) is 0 Å². The number of hydrogen-bond acceptors (Lipinski definition) is 9. The lowest BCUT2D eigenvalue weighted by atomic mass is 9.67. The first-order valence-electron chi connectivity index (χ1n) is 17.4. The van der Waals surface area contributed by atoms with Crippen LogP contribution in [0.4, 0.5) is 23.2 Å². The molecular weight excluding hydrogens is 666 g/mol. The Hall–Kier alpha value is -4.30. The molecule has 4 aliphatic rings. The predicted octanol–water partition coefficient (Wildman–Crippen LogP) is 5.67. The molecule has 0 atom stereocenters. The van der Waals surface area contributed by atoms with E-state index in [-0.39, 0.29) is 30.9 Å². The molecule has 1 aromatic carbocycles. The van der Waals surface area contributed by atoms with E-state index in [0.717, 1.165) is 31.6 Å². The Morgan fingerprint density at radius 1 is 1.04 bits per heavy atom. The molecule has 1 spiro atoms. The zero-order valence-electron chi connectivity index (χ0n) is 29.3. The van der Waals surface area contributed by atoms with Crippen LogP contribution in [0.1, 0.15) is 91.6 Å². The molecule has 1 saturated heterocycles. The molecule has 2 aromatic heterocycles. The largest absolute Gasteiger partial charge is 0.433 e. The number of nitrogens with zero attached hydrogens (tertiary/aromatic N) is 5. The minimum Gasteiger partial charge on any atom is -0.373 e. The molecule has 2 aliphatic carbocycles. The van der Waals surface area contributed by atoms with Crippen molar-refractivity contribution in [2.75, 3.05) is 25.0 Å². The van der Waals surface area contributed by atoms with E-state index in [2.05, 4.69) is 26.0 Å². The number of nitrogens with one attached hydrogen (secondary N) is 1. The van der Waals surface area contributed by atoms with Crippen molar-refractivity contribution in [1.82, 2.24) is 20.3 Å². The summed E-state index contributed by atoms with van der Waals surface area (Å²) in [5.41, 5.74) is 6.24. The number of pyridine rings is 1. The number of amidine groups is 1. The van der Waals surface area contributed by atoms with Crippen molar-refractivity contribution in [2.45, 2.75) is 102 Å². The first kappa shape index (κ1) is 36.5. The van der Waals surface area contributed by atoms with Gasteiger partial charge in [0.1, 0.15) is 35.0 Å². The second kappa shape index (κ2) is 14.0. The molecule has 14 heteroatoms. The number of aliphatic imine (C=N–C) groups is 1. The van der Waals surface area contributed by atoms with Crippen LogP contribution in [0.15, 0.2) is 29.3 Å². The van der Waals surface area contributed by atoms with Crippen molar-refractivity contribution >= 4 is 23.7 Å². The van der Waals surface area contributed by atoms with E-state index in [4.69, 9.17) is 9.73 Å². The summed E-state index contributed by atoms with van der Waals surface area (Å²) in [7, 11) is 1.50. The number of aromatic nitrogens is 3. The SMILES string of the molecule is CN.Cc1nc(CC=O)nc(C)c1-c1cc(F)c(COC2CC2)c(N2CCC3(CC2)N=C(c2ccc(C(F)(F)F)nc2C2(C)CCC2)NC3=O)c1. The molecule has 7 rings (SSSR count). The number of rotatable bonds is 9. The minimum atomic E-state index is -4.59. The average Bonchev–Trinajstić information content (AvgIpc) is 3.86. The summed E-state index contributed by atoms with van der Waals surface area (Å²) in [5, 5.41) is 2.88. The van der Waals surface area contributed by atoms with E-state index in [9.17, 15) is 22.8 Å². The second-order valence-electron chi connectivity index (χ2n) is 14.0. The molecule has 51 heavy (non-hydrogen) atoms. The van der Waals surface area contributed by atoms with Gasteiger partial charge in [0.2, 0.25) is 0 Å². The van der Waals surface area contributed by atoms with E-state index < -0.39 is 28.6 Å².